The van der Waals surface area contributed by atoms with Gasteiger partial charge in [0, 0.05) is 6.42 Å². The lowest BCUT2D eigenvalue weighted by molar-refractivity contribution is -0.704. The third kappa shape index (κ3) is 15.4. The number of rotatable bonds is 25. The fraction of sp³-hybridized carbons (Fsp3) is 0.743. The number of benzene rings is 1. The zero-order valence-electron chi connectivity index (χ0n) is 24.9. The molecule has 2 aromatic rings. The lowest BCUT2D eigenvalue weighted by Gasteiger charge is -2.07. The molecule has 1 aromatic carbocycles. The van der Waals surface area contributed by atoms with Crippen molar-refractivity contribution >= 4 is 0 Å². The first-order valence-corrected chi connectivity index (χ1v) is 16.5. The van der Waals surface area contributed by atoms with E-state index in [9.17, 15) is 0 Å². The van der Waals surface area contributed by atoms with Gasteiger partial charge in [0.2, 0.25) is 0 Å². The highest BCUT2D eigenvalue weighted by molar-refractivity contribution is 5.15. The van der Waals surface area contributed by atoms with Crippen molar-refractivity contribution in [3.63, 3.8) is 0 Å². The average molecular weight is 510 g/mol. The first kappa shape index (κ1) is 31.6. The second-order valence-corrected chi connectivity index (χ2v) is 11.5. The van der Waals surface area contributed by atoms with Crippen LogP contribution in [0.4, 0.5) is 0 Å². The van der Waals surface area contributed by atoms with E-state index in [0.717, 1.165) is 6.54 Å². The molecule has 0 atom stereocenters. The van der Waals surface area contributed by atoms with Crippen LogP contribution in [0.2, 0.25) is 0 Å². The minimum Gasteiger partial charge on any atom is -0.234 e. The van der Waals surface area contributed by atoms with Crippen LogP contribution in [0.1, 0.15) is 160 Å². The minimum absolute atomic E-state index is 0.998. The number of aryl methyl sites for hydroxylation is 1. The van der Waals surface area contributed by atoms with Gasteiger partial charge in [-0.05, 0) is 24.8 Å². The molecular formula is C35H61N2+. The molecule has 210 valence electrons. The summed E-state index contributed by atoms with van der Waals surface area (Å²) < 4.78 is 5.07. The Kier molecular flexibility index (Phi) is 19.2. The van der Waals surface area contributed by atoms with Gasteiger partial charge in [-0.1, -0.05) is 160 Å². The largest absolute Gasteiger partial charge is 0.256 e. The number of aromatic nitrogens is 2. The highest BCUT2D eigenvalue weighted by atomic mass is 15.1. The van der Waals surface area contributed by atoms with Gasteiger partial charge < -0.3 is 0 Å². The van der Waals surface area contributed by atoms with E-state index in [1.165, 1.54) is 159 Å². The number of nitrogens with zero attached hydrogens (tertiary/aromatic N) is 2. The van der Waals surface area contributed by atoms with Crippen LogP contribution in [0.3, 0.4) is 0 Å². The number of imidazole rings is 1. The van der Waals surface area contributed by atoms with Gasteiger partial charge in [0.05, 0.1) is 6.54 Å². The summed E-state index contributed by atoms with van der Waals surface area (Å²) in [5, 5.41) is 0. The second kappa shape index (κ2) is 22.4. The predicted molar refractivity (Wildman–Crippen MR) is 162 cm³/mol. The second-order valence-electron chi connectivity index (χ2n) is 11.5. The lowest BCUT2D eigenvalue weighted by atomic mass is 10.0. The molecule has 2 heteroatoms. The SMILES string of the molecule is CCCCCCCCCCCCCCCCCc1n(Cc2ccccc2)cc[n+]1CCCCCCCC. The minimum atomic E-state index is 0.998. The topological polar surface area (TPSA) is 8.81 Å². The molecule has 0 saturated carbocycles. The van der Waals surface area contributed by atoms with Crippen LogP contribution in [0.25, 0.3) is 0 Å². The van der Waals surface area contributed by atoms with Gasteiger partial charge in [0.1, 0.15) is 18.9 Å². The van der Waals surface area contributed by atoms with Crippen molar-refractivity contribution in [3.05, 3.63) is 54.1 Å². The van der Waals surface area contributed by atoms with Crippen molar-refractivity contribution in [2.45, 2.75) is 168 Å². The van der Waals surface area contributed by atoms with Crippen molar-refractivity contribution in [1.29, 1.82) is 0 Å². The van der Waals surface area contributed by atoms with Gasteiger partial charge in [-0.15, -0.1) is 0 Å². The molecule has 0 N–H and O–H groups in total. The van der Waals surface area contributed by atoms with Gasteiger partial charge in [-0.3, -0.25) is 0 Å². The maximum absolute atomic E-state index is 2.56. The maximum Gasteiger partial charge on any atom is 0.256 e. The molecule has 0 radical (unpaired) electrons. The van der Waals surface area contributed by atoms with Crippen LogP contribution in [-0.4, -0.2) is 4.57 Å². The summed E-state index contributed by atoms with van der Waals surface area (Å²) in [6, 6.07) is 11.0. The van der Waals surface area contributed by atoms with Crippen LogP contribution >= 0.6 is 0 Å². The van der Waals surface area contributed by atoms with Gasteiger partial charge >= 0.3 is 0 Å². The van der Waals surface area contributed by atoms with E-state index in [2.05, 4.69) is 65.7 Å². The molecule has 0 saturated heterocycles. The van der Waals surface area contributed by atoms with Crippen molar-refractivity contribution in [2.24, 2.45) is 0 Å². The first-order chi connectivity index (χ1) is 18.3. The normalized spacial score (nSPS) is 11.4. The van der Waals surface area contributed by atoms with E-state index in [4.69, 9.17) is 0 Å². The molecule has 0 amide bonds. The highest BCUT2D eigenvalue weighted by Crippen LogP contribution is 2.15. The Morgan fingerprint density at radius 1 is 0.541 bits per heavy atom. The Hall–Kier alpha value is -1.57. The molecule has 0 aliphatic rings. The number of unbranched alkanes of at least 4 members (excludes halogenated alkanes) is 19. The molecule has 2 nitrogen and oxygen atoms in total. The maximum atomic E-state index is 2.56. The number of hydrogen-bond acceptors (Lipinski definition) is 0. The van der Waals surface area contributed by atoms with Gasteiger partial charge in [-0.2, -0.15) is 0 Å². The summed E-state index contributed by atoms with van der Waals surface area (Å²) >= 11 is 0. The van der Waals surface area contributed by atoms with Crippen LogP contribution in [0, 0.1) is 0 Å². The third-order valence-corrected chi connectivity index (χ3v) is 8.04. The lowest BCUT2D eigenvalue weighted by Crippen LogP contribution is -2.37. The fourth-order valence-corrected chi connectivity index (χ4v) is 5.63. The van der Waals surface area contributed by atoms with Crippen LogP contribution in [0.15, 0.2) is 42.7 Å². The molecule has 0 fully saturated rings. The molecular weight excluding hydrogens is 448 g/mol. The Morgan fingerprint density at radius 3 is 1.51 bits per heavy atom. The van der Waals surface area contributed by atoms with Crippen molar-refractivity contribution in [3.8, 4) is 0 Å². The predicted octanol–water partition coefficient (Wildman–Crippen LogP) is 10.6. The van der Waals surface area contributed by atoms with Gasteiger partial charge in [0.25, 0.3) is 5.82 Å². The van der Waals surface area contributed by atoms with E-state index >= 15 is 0 Å². The molecule has 1 aromatic heterocycles. The van der Waals surface area contributed by atoms with E-state index in [1.54, 1.807) is 0 Å². The molecule has 0 aliphatic carbocycles. The summed E-state index contributed by atoms with van der Waals surface area (Å²) in [6.07, 6.45) is 35.6. The fourth-order valence-electron chi connectivity index (χ4n) is 5.63. The summed E-state index contributed by atoms with van der Waals surface area (Å²) in [4.78, 5) is 0. The standard InChI is InChI=1S/C35H61N2/c1-3-5-7-9-11-12-13-14-15-16-17-18-19-20-25-29-35-36(30-26-21-10-8-6-4-2)31-32-37(35)33-34-27-23-22-24-28-34/h22-24,27-28,31-32H,3-21,25-26,29-30,33H2,1-2H3/q+1. The van der Waals surface area contributed by atoms with E-state index in [-0.39, 0.29) is 0 Å². The van der Waals surface area contributed by atoms with Crippen molar-refractivity contribution in [2.75, 3.05) is 0 Å². The quantitative estimate of drug-likeness (QED) is 0.0929. The van der Waals surface area contributed by atoms with Crippen molar-refractivity contribution < 1.29 is 4.57 Å². The summed E-state index contributed by atoms with van der Waals surface area (Å²) in [6.45, 7) is 6.79. The zero-order valence-corrected chi connectivity index (χ0v) is 24.9. The average Bonchev–Trinajstić information content (AvgIpc) is 3.29. The Balaban J connectivity index is 1.62. The molecule has 0 unspecified atom stereocenters. The Morgan fingerprint density at radius 2 is 1.00 bits per heavy atom. The highest BCUT2D eigenvalue weighted by Gasteiger charge is 2.17. The van der Waals surface area contributed by atoms with Crippen LogP contribution < -0.4 is 4.57 Å². The Labute approximate surface area is 231 Å². The van der Waals surface area contributed by atoms with Gasteiger partial charge in [0.15, 0.2) is 0 Å². The molecule has 1 heterocycles. The van der Waals surface area contributed by atoms with E-state index in [1.807, 2.05) is 0 Å². The molecule has 0 aliphatic heterocycles. The smallest absolute Gasteiger partial charge is 0.234 e. The van der Waals surface area contributed by atoms with Gasteiger partial charge in [-0.25, -0.2) is 9.13 Å². The Bertz CT molecular complexity index is 748. The van der Waals surface area contributed by atoms with E-state index in [0.29, 0.717) is 0 Å². The number of hydrogen-bond donors (Lipinski definition) is 0. The van der Waals surface area contributed by atoms with Crippen LogP contribution in [0.5, 0.6) is 0 Å². The summed E-state index contributed by atoms with van der Waals surface area (Å²) in [5.74, 6) is 1.53. The third-order valence-electron chi connectivity index (χ3n) is 8.04. The van der Waals surface area contributed by atoms with E-state index < -0.39 is 0 Å². The molecule has 2 rings (SSSR count). The molecule has 0 spiro atoms. The summed E-state index contributed by atoms with van der Waals surface area (Å²) in [5.41, 5.74) is 1.41. The summed E-state index contributed by atoms with van der Waals surface area (Å²) in [7, 11) is 0. The first-order valence-electron chi connectivity index (χ1n) is 16.5. The van der Waals surface area contributed by atoms with Crippen molar-refractivity contribution in [1.82, 2.24) is 4.57 Å². The molecule has 0 bridgehead atoms. The monoisotopic (exact) mass is 509 g/mol. The zero-order chi connectivity index (χ0) is 26.2. The molecule has 37 heavy (non-hydrogen) atoms. The van der Waals surface area contributed by atoms with Crippen LogP contribution in [-0.2, 0) is 19.5 Å².